The fourth-order valence-corrected chi connectivity index (χ4v) is 1.20. The maximum atomic E-state index is 13.6. The number of aryl methyl sites for hydroxylation is 1. The van der Waals surface area contributed by atoms with Crippen LogP contribution in [-0.4, -0.2) is 17.6 Å². The molecule has 0 amide bonds. The SMILES string of the molecule is Cc1ccc(F)c(NCC(C)(C)C(=O)O)c1F. The molecular formula is C12H15F2NO2. The Hall–Kier alpha value is -1.65. The molecule has 1 aromatic rings. The highest BCUT2D eigenvalue weighted by atomic mass is 19.1. The summed E-state index contributed by atoms with van der Waals surface area (Å²) in [7, 11) is 0. The Labute approximate surface area is 98.5 Å². The van der Waals surface area contributed by atoms with E-state index < -0.39 is 23.0 Å². The third-order valence-electron chi connectivity index (χ3n) is 2.57. The summed E-state index contributed by atoms with van der Waals surface area (Å²) in [4.78, 5) is 10.9. The molecule has 0 heterocycles. The molecule has 0 atom stereocenters. The van der Waals surface area contributed by atoms with Crippen LogP contribution in [-0.2, 0) is 4.79 Å². The summed E-state index contributed by atoms with van der Waals surface area (Å²) in [6.45, 7) is 4.42. The van der Waals surface area contributed by atoms with Crippen molar-refractivity contribution in [2.45, 2.75) is 20.8 Å². The minimum atomic E-state index is -1.09. The van der Waals surface area contributed by atoms with Gasteiger partial charge in [0.25, 0.3) is 0 Å². The van der Waals surface area contributed by atoms with Crippen molar-refractivity contribution in [1.82, 2.24) is 0 Å². The Kier molecular flexibility index (Phi) is 3.70. The third-order valence-corrected chi connectivity index (χ3v) is 2.57. The van der Waals surface area contributed by atoms with Gasteiger partial charge in [-0.1, -0.05) is 6.07 Å². The predicted octanol–water partition coefficient (Wildman–Crippen LogP) is 2.80. The van der Waals surface area contributed by atoms with Gasteiger partial charge >= 0.3 is 5.97 Å². The number of anilines is 1. The highest BCUT2D eigenvalue weighted by Gasteiger charge is 2.27. The third kappa shape index (κ3) is 2.93. The zero-order chi connectivity index (χ0) is 13.2. The number of carboxylic acid groups (broad SMARTS) is 1. The van der Waals surface area contributed by atoms with Crippen molar-refractivity contribution in [2.75, 3.05) is 11.9 Å². The average Bonchev–Trinajstić information content (AvgIpc) is 2.23. The van der Waals surface area contributed by atoms with Crippen molar-refractivity contribution in [3.8, 4) is 0 Å². The van der Waals surface area contributed by atoms with Gasteiger partial charge in [-0.15, -0.1) is 0 Å². The highest BCUT2D eigenvalue weighted by Crippen LogP contribution is 2.24. The minimum Gasteiger partial charge on any atom is -0.481 e. The summed E-state index contributed by atoms with van der Waals surface area (Å²) >= 11 is 0. The maximum Gasteiger partial charge on any atom is 0.310 e. The molecule has 0 fully saturated rings. The monoisotopic (exact) mass is 243 g/mol. The lowest BCUT2D eigenvalue weighted by atomic mass is 9.94. The first-order chi connectivity index (χ1) is 7.75. The van der Waals surface area contributed by atoms with Gasteiger partial charge in [-0.25, -0.2) is 8.78 Å². The Morgan fingerprint density at radius 1 is 1.41 bits per heavy atom. The first-order valence-electron chi connectivity index (χ1n) is 5.17. The predicted molar refractivity (Wildman–Crippen MR) is 61.0 cm³/mol. The van der Waals surface area contributed by atoms with Crippen molar-refractivity contribution in [3.05, 3.63) is 29.3 Å². The van der Waals surface area contributed by atoms with Crippen LogP contribution in [0.3, 0.4) is 0 Å². The fraction of sp³-hybridized carbons (Fsp3) is 0.417. The molecule has 0 saturated carbocycles. The molecule has 1 aromatic carbocycles. The molecule has 1 rings (SSSR count). The summed E-state index contributed by atoms with van der Waals surface area (Å²) in [6, 6.07) is 2.48. The first kappa shape index (κ1) is 13.4. The van der Waals surface area contributed by atoms with Crippen molar-refractivity contribution in [1.29, 1.82) is 0 Å². The van der Waals surface area contributed by atoms with Gasteiger partial charge in [-0.2, -0.15) is 0 Å². The smallest absolute Gasteiger partial charge is 0.310 e. The van der Waals surface area contributed by atoms with Crippen molar-refractivity contribution < 1.29 is 18.7 Å². The van der Waals surface area contributed by atoms with Crippen LogP contribution in [0, 0.1) is 24.0 Å². The Morgan fingerprint density at radius 3 is 2.53 bits per heavy atom. The van der Waals surface area contributed by atoms with E-state index in [0.29, 0.717) is 5.56 Å². The largest absolute Gasteiger partial charge is 0.481 e. The summed E-state index contributed by atoms with van der Waals surface area (Å²) in [5.74, 6) is -2.45. The molecule has 0 radical (unpaired) electrons. The molecule has 0 aliphatic rings. The number of nitrogens with one attached hydrogen (secondary N) is 1. The van der Waals surface area contributed by atoms with Crippen LogP contribution in [0.4, 0.5) is 14.5 Å². The van der Waals surface area contributed by atoms with Crippen LogP contribution in [0.25, 0.3) is 0 Å². The zero-order valence-electron chi connectivity index (χ0n) is 9.97. The van der Waals surface area contributed by atoms with Gasteiger partial charge in [-0.05, 0) is 32.4 Å². The van der Waals surface area contributed by atoms with Gasteiger partial charge in [0.2, 0.25) is 0 Å². The van der Waals surface area contributed by atoms with Crippen LogP contribution in [0.15, 0.2) is 12.1 Å². The molecule has 0 unspecified atom stereocenters. The Morgan fingerprint density at radius 2 is 2.00 bits per heavy atom. The summed E-state index contributed by atoms with van der Waals surface area (Å²) in [6.07, 6.45) is 0. The number of benzene rings is 1. The minimum absolute atomic E-state index is 0.0559. The second-order valence-electron chi connectivity index (χ2n) is 4.60. The summed E-state index contributed by atoms with van der Waals surface area (Å²) in [5, 5.41) is 11.4. The van der Waals surface area contributed by atoms with Crippen molar-refractivity contribution >= 4 is 11.7 Å². The van der Waals surface area contributed by atoms with Crippen molar-refractivity contribution in [3.63, 3.8) is 0 Å². The van der Waals surface area contributed by atoms with Crippen molar-refractivity contribution in [2.24, 2.45) is 5.41 Å². The second kappa shape index (κ2) is 4.69. The molecule has 3 nitrogen and oxygen atoms in total. The quantitative estimate of drug-likeness (QED) is 0.854. The normalized spacial score (nSPS) is 11.4. The summed E-state index contributed by atoms with van der Waals surface area (Å²) < 4.78 is 26.9. The van der Waals surface area contributed by atoms with Gasteiger partial charge in [0.15, 0.2) is 5.82 Å². The molecule has 5 heteroatoms. The number of carbonyl (C=O) groups is 1. The molecule has 2 N–H and O–H groups in total. The summed E-state index contributed by atoms with van der Waals surface area (Å²) in [5.41, 5.74) is -1.07. The highest BCUT2D eigenvalue weighted by molar-refractivity contribution is 5.74. The number of halogens is 2. The lowest BCUT2D eigenvalue weighted by Crippen LogP contribution is -2.32. The number of hydrogen-bond acceptors (Lipinski definition) is 2. The van der Waals surface area contributed by atoms with Gasteiger partial charge in [0.05, 0.1) is 5.41 Å². The van der Waals surface area contributed by atoms with Gasteiger partial charge in [0, 0.05) is 6.54 Å². The van der Waals surface area contributed by atoms with E-state index in [1.165, 1.54) is 26.8 Å². The number of aliphatic carboxylic acids is 1. The van der Waals surface area contributed by atoms with E-state index in [9.17, 15) is 13.6 Å². The molecule has 0 bridgehead atoms. The number of rotatable bonds is 4. The van der Waals surface area contributed by atoms with Gasteiger partial charge in [-0.3, -0.25) is 4.79 Å². The molecule has 94 valence electrons. The molecule has 0 spiro atoms. The fourth-order valence-electron chi connectivity index (χ4n) is 1.20. The van der Waals surface area contributed by atoms with Crippen LogP contribution >= 0.6 is 0 Å². The van der Waals surface area contributed by atoms with E-state index in [1.807, 2.05) is 0 Å². The molecule has 0 aromatic heterocycles. The van der Waals surface area contributed by atoms with E-state index in [4.69, 9.17) is 5.11 Å². The lowest BCUT2D eigenvalue weighted by Gasteiger charge is -2.21. The standard InChI is InChI=1S/C12H15F2NO2/c1-7-4-5-8(13)10(9(7)14)15-6-12(2,3)11(16)17/h4-5,15H,6H2,1-3H3,(H,16,17). The van der Waals surface area contributed by atoms with E-state index >= 15 is 0 Å². The maximum absolute atomic E-state index is 13.6. The molecule has 0 aliphatic heterocycles. The van der Waals surface area contributed by atoms with E-state index in [2.05, 4.69) is 5.32 Å². The zero-order valence-corrected chi connectivity index (χ0v) is 9.97. The Balaban J connectivity index is 2.90. The van der Waals surface area contributed by atoms with Crippen LogP contribution in [0.2, 0.25) is 0 Å². The van der Waals surface area contributed by atoms with E-state index in [1.54, 1.807) is 0 Å². The molecule has 0 saturated heterocycles. The number of carboxylic acids is 1. The number of hydrogen-bond donors (Lipinski definition) is 2. The molecule has 17 heavy (non-hydrogen) atoms. The Bertz CT molecular complexity index is 444. The van der Waals surface area contributed by atoms with E-state index in [0.717, 1.165) is 6.07 Å². The van der Waals surface area contributed by atoms with Gasteiger partial charge in [0.1, 0.15) is 11.5 Å². The van der Waals surface area contributed by atoms with Crippen LogP contribution < -0.4 is 5.32 Å². The van der Waals surface area contributed by atoms with Crippen LogP contribution in [0.1, 0.15) is 19.4 Å². The van der Waals surface area contributed by atoms with Gasteiger partial charge < -0.3 is 10.4 Å². The van der Waals surface area contributed by atoms with E-state index in [-0.39, 0.29) is 12.2 Å². The second-order valence-corrected chi connectivity index (χ2v) is 4.60. The average molecular weight is 243 g/mol. The lowest BCUT2D eigenvalue weighted by molar-refractivity contribution is -0.146. The van der Waals surface area contributed by atoms with Crippen LogP contribution in [0.5, 0.6) is 0 Å². The molecular weight excluding hydrogens is 228 g/mol. The topological polar surface area (TPSA) is 49.3 Å². The molecule has 0 aliphatic carbocycles. The first-order valence-corrected chi connectivity index (χ1v) is 5.17.